The number of hydrogen-bond donors (Lipinski definition) is 1. The maximum absolute atomic E-state index is 3.56. The Kier molecular flexibility index (Phi) is 3.29. The molecule has 0 aromatic heterocycles. The minimum atomic E-state index is 0.660. The molecule has 18 heavy (non-hydrogen) atoms. The van der Waals surface area contributed by atoms with Crippen LogP contribution in [0.2, 0.25) is 0 Å². The molecule has 0 aliphatic carbocycles. The number of rotatable bonds is 1. The highest BCUT2D eigenvalue weighted by Crippen LogP contribution is 2.33. The van der Waals surface area contributed by atoms with Gasteiger partial charge in [-0.3, -0.25) is 0 Å². The van der Waals surface area contributed by atoms with Crippen LogP contribution in [0.4, 0.5) is 5.69 Å². The van der Waals surface area contributed by atoms with Crippen LogP contribution in [0.15, 0.2) is 24.3 Å². The van der Waals surface area contributed by atoms with Gasteiger partial charge in [0.15, 0.2) is 0 Å². The second-order valence-corrected chi connectivity index (χ2v) is 6.12. The molecule has 1 N–H and O–H groups in total. The molecular formula is C16H24N2. The number of fused-ring (bicyclic) bond motifs is 1. The molecule has 2 heteroatoms. The molecule has 1 aromatic rings. The van der Waals surface area contributed by atoms with Crippen molar-refractivity contribution in [2.24, 2.45) is 5.92 Å². The molecule has 0 amide bonds. The van der Waals surface area contributed by atoms with E-state index in [4.69, 9.17) is 0 Å². The summed E-state index contributed by atoms with van der Waals surface area (Å²) in [5, 5.41) is 3.56. The molecule has 1 saturated heterocycles. The zero-order valence-electron chi connectivity index (χ0n) is 11.5. The van der Waals surface area contributed by atoms with E-state index in [0.717, 1.165) is 12.0 Å². The number of nitrogens with one attached hydrogen (secondary N) is 1. The van der Waals surface area contributed by atoms with E-state index >= 15 is 0 Å². The minimum absolute atomic E-state index is 0.660. The van der Waals surface area contributed by atoms with Crippen LogP contribution >= 0.6 is 0 Å². The molecule has 98 valence electrons. The van der Waals surface area contributed by atoms with Gasteiger partial charge in [0.25, 0.3) is 0 Å². The smallest absolute Gasteiger partial charge is 0.0401 e. The first-order valence-corrected chi connectivity index (χ1v) is 7.32. The van der Waals surface area contributed by atoms with Gasteiger partial charge < -0.3 is 10.2 Å². The maximum atomic E-state index is 3.56. The van der Waals surface area contributed by atoms with Gasteiger partial charge in [-0.2, -0.15) is 0 Å². The summed E-state index contributed by atoms with van der Waals surface area (Å²) in [6.45, 7) is 7.09. The van der Waals surface area contributed by atoms with Crippen LogP contribution in [0.3, 0.4) is 0 Å². The van der Waals surface area contributed by atoms with E-state index in [1.54, 1.807) is 5.56 Å². The third-order valence-electron chi connectivity index (χ3n) is 4.41. The summed E-state index contributed by atoms with van der Waals surface area (Å²) < 4.78 is 0. The molecule has 0 spiro atoms. The second kappa shape index (κ2) is 4.93. The van der Waals surface area contributed by atoms with E-state index in [0.29, 0.717) is 6.04 Å². The Balaban J connectivity index is 1.87. The zero-order chi connectivity index (χ0) is 12.5. The van der Waals surface area contributed by atoms with Crippen molar-refractivity contribution in [2.45, 2.75) is 45.2 Å². The van der Waals surface area contributed by atoms with Crippen molar-refractivity contribution in [2.75, 3.05) is 18.0 Å². The van der Waals surface area contributed by atoms with Crippen LogP contribution in [-0.4, -0.2) is 25.2 Å². The summed E-state index contributed by atoms with van der Waals surface area (Å²) in [6, 6.07) is 10.4. The second-order valence-electron chi connectivity index (χ2n) is 6.12. The molecular weight excluding hydrogens is 220 g/mol. The highest BCUT2D eigenvalue weighted by atomic mass is 15.2. The molecule has 3 rings (SSSR count). The lowest BCUT2D eigenvalue weighted by Gasteiger charge is -2.43. The number of hydrogen-bond acceptors (Lipinski definition) is 2. The Labute approximate surface area is 110 Å². The number of nitrogens with zero attached hydrogens (tertiary/aromatic N) is 1. The van der Waals surface area contributed by atoms with Gasteiger partial charge in [0.1, 0.15) is 0 Å². The Morgan fingerprint density at radius 3 is 2.89 bits per heavy atom. The van der Waals surface area contributed by atoms with Crippen molar-refractivity contribution in [1.82, 2.24) is 5.32 Å². The van der Waals surface area contributed by atoms with E-state index in [9.17, 15) is 0 Å². The third kappa shape index (κ3) is 2.26. The van der Waals surface area contributed by atoms with Crippen molar-refractivity contribution in [1.29, 1.82) is 0 Å². The van der Waals surface area contributed by atoms with Gasteiger partial charge in [0, 0.05) is 24.3 Å². The normalized spacial score (nSPS) is 32.1. The number of para-hydroxylation sites is 1. The first-order valence-electron chi connectivity index (χ1n) is 7.32. The van der Waals surface area contributed by atoms with Crippen molar-refractivity contribution >= 4 is 5.69 Å². The van der Waals surface area contributed by atoms with E-state index < -0.39 is 0 Å². The molecule has 0 bridgehead atoms. The van der Waals surface area contributed by atoms with Crippen LogP contribution in [0, 0.1) is 5.92 Å². The predicted octanol–water partition coefficient (Wildman–Crippen LogP) is 2.83. The summed E-state index contributed by atoms with van der Waals surface area (Å²) >= 11 is 0. The molecule has 2 nitrogen and oxygen atoms in total. The van der Waals surface area contributed by atoms with Crippen LogP contribution in [0.5, 0.6) is 0 Å². The lowest BCUT2D eigenvalue weighted by Crippen LogP contribution is -2.49. The Morgan fingerprint density at radius 1 is 1.22 bits per heavy atom. The van der Waals surface area contributed by atoms with Gasteiger partial charge in [-0.05, 0) is 50.3 Å². The topological polar surface area (TPSA) is 15.3 Å². The molecule has 1 fully saturated rings. The molecule has 2 heterocycles. The zero-order valence-corrected chi connectivity index (χ0v) is 11.5. The first kappa shape index (κ1) is 12.0. The van der Waals surface area contributed by atoms with Gasteiger partial charge in [-0.25, -0.2) is 0 Å². The molecule has 3 unspecified atom stereocenters. The summed E-state index contributed by atoms with van der Waals surface area (Å²) in [7, 11) is 0. The van der Waals surface area contributed by atoms with E-state index in [1.807, 2.05) is 0 Å². The molecule has 0 saturated carbocycles. The van der Waals surface area contributed by atoms with E-state index in [-0.39, 0.29) is 0 Å². The van der Waals surface area contributed by atoms with E-state index in [1.165, 1.54) is 38.0 Å². The van der Waals surface area contributed by atoms with Crippen molar-refractivity contribution in [3.05, 3.63) is 29.8 Å². The standard InChI is InChI=1S/C16H24N2/c1-12-9-14-5-3-4-6-16(14)18(11-12)15-7-8-17-13(2)10-15/h3-6,12-13,15,17H,7-11H2,1-2H3. The summed E-state index contributed by atoms with van der Waals surface area (Å²) in [4.78, 5) is 2.68. The molecule has 3 atom stereocenters. The van der Waals surface area contributed by atoms with E-state index in [2.05, 4.69) is 48.3 Å². The van der Waals surface area contributed by atoms with Crippen LogP contribution in [-0.2, 0) is 6.42 Å². The van der Waals surface area contributed by atoms with Crippen molar-refractivity contribution in [3.8, 4) is 0 Å². The van der Waals surface area contributed by atoms with Gasteiger partial charge in [0.05, 0.1) is 0 Å². The highest BCUT2D eigenvalue weighted by Gasteiger charge is 2.29. The lowest BCUT2D eigenvalue weighted by molar-refractivity contribution is 0.347. The number of anilines is 1. The minimum Gasteiger partial charge on any atom is -0.368 e. The van der Waals surface area contributed by atoms with Crippen LogP contribution in [0.1, 0.15) is 32.3 Å². The van der Waals surface area contributed by atoms with Gasteiger partial charge in [0.2, 0.25) is 0 Å². The molecule has 2 aliphatic rings. The van der Waals surface area contributed by atoms with Gasteiger partial charge in [-0.1, -0.05) is 25.1 Å². The first-order chi connectivity index (χ1) is 8.74. The fourth-order valence-corrected chi connectivity index (χ4v) is 3.57. The largest absolute Gasteiger partial charge is 0.368 e. The highest BCUT2D eigenvalue weighted by molar-refractivity contribution is 5.56. The third-order valence-corrected chi connectivity index (χ3v) is 4.41. The lowest BCUT2D eigenvalue weighted by atomic mass is 9.90. The number of benzene rings is 1. The van der Waals surface area contributed by atoms with Crippen molar-refractivity contribution < 1.29 is 0 Å². The Morgan fingerprint density at radius 2 is 2.06 bits per heavy atom. The molecule has 1 aromatic carbocycles. The fourth-order valence-electron chi connectivity index (χ4n) is 3.57. The van der Waals surface area contributed by atoms with Gasteiger partial charge in [-0.15, -0.1) is 0 Å². The molecule has 0 radical (unpaired) electrons. The Bertz CT molecular complexity index is 415. The SMILES string of the molecule is CC1Cc2ccccc2N(C2CCNC(C)C2)C1. The predicted molar refractivity (Wildman–Crippen MR) is 77.1 cm³/mol. The van der Waals surface area contributed by atoms with Crippen LogP contribution < -0.4 is 10.2 Å². The summed E-state index contributed by atoms with van der Waals surface area (Å²) in [5.74, 6) is 0.782. The monoisotopic (exact) mass is 244 g/mol. The summed E-state index contributed by atoms with van der Waals surface area (Å²) in [6.07, 6.45) is 3.81. The Hall–Kier alpha value is -1.02. The average molecular weight is 244 g/mol. The quantitative estimate of drug-likeness (QED) is 0.817. The maximum Gasteiger partial charge on any atom is 0.0401 e. The fraction of sp³-hybridized carbons (Fsp3) is 0.625. The summed E-state index contributed by atoms with van der Waals surface area (Å²) in [5.41, 5.74) is 3.04. The number of piperidine rings is 1. The molecule has 2 aliphatic heterocycles. The average Bonchev–Trinajstić information content (AvgIpc) is 2.37. The van der Waals surface area contributed by atoms with Crippen molar-refractivity contribution in [3.63, 3.8) is 0 Å². The van der Waals surface area contributed by atoms with Gasteiger partial charge >= 0.3 is 0 Å². The van der Waals surface area contributed by atoms with Crippen LogP contribution in [0.25, 0.3) is 0 Å².